The van der Waals surface area contributed by atoms with Gasteiger partial charge in [0.2, 0.25) is 5.91 Å². The van der Waals surface area contributed by atoms with E-state index in [4.69, 9.17) is 4.74 Å². The number of amides is 1. The monoisotopic (exact) mass is 382 g/mol. The van der Waals surface area contributed by atoms with Crippen LogP contribution in [0.5, 0.6) is 11.5 Å². The third-order valence-electron chi connectivity index (χ3n) is 4.52. The van der Waals surface area contributed by atoms with E-state index < -0.39 is 5.97 Å². The number of rotatable bonds is 7. The summed E-state index contributed by atoms with van der Waals surface area (Å²) in [6, 6.07) is 11.9. The number of nitrogens with one attached hydrogen (secondary N) is 1. The predicted octanol–water partition coefficient (Wildman–Crippen LogP) is 3.57. The number of anilines is 1. The Morgan fingerprint density at radius 2 is 1.82 bits per heavy atom. The zero-order valence-corrected chi connectivity index (χ0v) is 15.7. The Labute approximate surface area is 162 Å². The summed E-state index contributed by atoms with van der Waals surface area (Å²) in [5.41, 5.74) is 1.35. The molecular formula is C21H22N2O5. The van der Waals surface area contributed by atoms with Crippen molar-refractivity contribution in [2.24, 2.45) is 0 Å². The molecule has 0 aliphatic heterocycles. The number of hydrogen-bond acceptors (Lipinski definition) is 4. The van der Waals surface area contributed by atoms with Gasteiger partial charge in [0.25, 0.3) is 0 Å². The molecule has 0 fully saturated rings. The van der Waals surface area contributed by atoms with Crippen LogP contribution in [0.3, 0.4) is 0 Å². The number of hydrogen-bond donors (Lipinski definition) is 3. The Bertz CT molecular complexity index is 1010. The maximum atomic E-state index is 13.0. The highest BCUT2D eigenvalue weighted by Gasteiger charge is 2.24. The number of carboxylic acids is 1. The summed E-state index contributed by atoms with van der Waals surface area (Å²) in [6.07, 6.45) is -0.153. The van der Waals surface area contributed by atoms with Gasteiger partial charge in [-0.25, -0.2) is 4.79 Å². The van der Waals surface area contributed by atoms with E-state index in [0.717, 1.165) is 0 Å². The van der Waals surface area contributed by atoms with Crippen LogP contribution in [0.25, 0.3) is 10.9 Å². The molecule has 7 heteroatoms. The summed E-state index contributed by atoms with van der Waals surface area (Å²) in [6.45, 7) is 4.72. The Hall–Kier alpha value is -3.48. The number of aromatic hydroxyl groups is 1. The largest absolute Gasteiger partial charge is 0.507 e. The van der Waals surface area contributed by atoms with Gasteiger partial charge >= 0.3 is 5.97 Å². The Balaban J connectivity index is 1.94. The van der Waals surface area contributed by atoms with E-state index in [9.17, 15) is 19.8 Å². The van der Waals surface area contributed by atoms with Gasteiger partial charge in [0.15, 0.2) is 0 Å². The fourth-order valence-corrected chi connectivity index (χ4v) is 3.29. The highest BCUT2D eigenvalue weighted by Crippen LogP contribution is 2.31. The minimum absolute atomic E-state index is 0.0619. The fourth-order valence-electron chi connectivity index (χ4n) is 3.29. The lowest BCUT2D eigenvalue weighted by molar-refractivity contribution is -0.117. The van der Waals surface area contributed by atoms with Gasteiger partial charge in [-0.1, -0.05) is 6.07 Å². The summed E-state index contributed by atoms with van der Waals surface area (Å²) < 4.78 is 5.42. The number of aromatic nitrogens is 1. The highest BCUT2D eigenvalue weighted by atomic mass is 16.5. The van der Waals surface area contributed by atoms with Crippen molar-refractivity contribution in [1.29, 1.82) is 0 Å². The van der Waals surface area contributed by atoms with Crippen LogP contribution in [0, 0.1) is 0 Å². The zero-order valence-electron chi connectivity index (χ0n) is 15.7. The summed E-state index contributed by atoms with van der Waals surface area (Å²) in [7, 11) is 0. The van der Waals surface area contributed by atoms with E-state index in [1.54, 1.807) is 41.3 Å². The van der Waals surface area contributed by atoms with Crippen LogP contribution in [0.1, 0.15) is 29.9 Å². The zero-order chi connectivity index (χ0) is 20.3. The number of carbonyl (C=O) groups excluding carboxylic acids is 1. The molecule has 146 valence electrons. The Kier molecular flexibility index (Phi) is 5.54. The van der Waals surface area contributed by atoms with E-state index in [1.165, 1.54) is 6.07 Å². The highest BCUT2D eigenvalue weighted by molar-refractivity contribution is 6.04. The molecule has 7 nitrogen and oxygen atoms in total. The molecule has 1 aromatic heterocycles. The molecule has 0 saturated carbocycles. The van der Waals surface area contributed by atoms with Crippen LogP contribution in [-0.2, 0) is 11.2 Å². The smallest absolute Gasteiger partial charge is 0.352 e. The predicted molar refractivity (Wildman–Crippen MR) is 106 cm³/mol. The van der Waals surface area contributed by atoms with Crippen molar-refractivity contribution >= 4 is 28.5 Å². The lowest BCUT2D eigenvalue weighted by Crippen LogP contribution is -2.32. The third kappa shape index (κ3) is 3.64. The first kappa shape index (κ1) is 19.3. The van der Waals surface area contributed by atoms with Crippen molar-refractivity contribution in [2.75, 3.05) is 18.1 Å². The van der Waals surface area contributed by atoms with E-state index in [0.29, 0.717) is 35.5 Å². The first-order chi connectivity index (χ1) is 13.5. The molecule has 0 radical (unpaired) electrons. The molecule has 0 unspecified atom stereocenters. The van der Waals surface area contributed by atoms with Gasteiger partial charge in [0, 0.05) is 23.2 Å². The maximum absolute atomic E-state index is 13.0. The van der Waals surface area contributed by atoms with Gasteiger partial charge in [-0.15, -0.1) is 0 Å². The number of ether oxygens (including phenoxy) is 1. The van der Waals surface area contributed by atoms with Crippen LogP contribution in [0.15, 0.2) is 42.5 Å². The van der Waals surface area contributed by atoms with Crippen molar-refractivity contribution in [3.05, 3.63) is 53.7 Å². The molecule has 3 aromatic rings. The quantitative estimate of drug-likeness (QED) is 0.580. The number of H-pyrrole nitrogens is 1. The minimum atomic E-state index is -1.18. The summed E-state index contributed by atoms with van der Waals surface area (Å²) in [5, 5.41) is 20.1. The Morgan fingerprint density at radius 3 is 2.43 bits per heavy atom. The lowest BCUT2D eigenvalue weighted by Gasteiger charge is -2.21. The van der Waals surface area contributed by atoms with Crippen LogP contribution in [0.2, 0.25) is 0 Å². The van der Waals surface area contributed by atoms with Gasteiger partial charge in [-0.3, -0.25) is 4.79 Å². The van der Waals surface area contributed by atoms with Crippen LogP contribution < -0.4 is 9.64 Å². The summed E-state index contributed by atoms with van der Waals surface area (Å²) >= 11 is 0. The normalized spacial score (nSPS) is 10.8. The molecule has 0 aliphatic rings. The molecule has 0 spiro atoms. The molecule has 3 N–H and O–H groups in total. The summed E-state index contributed by atoms with van der Waals surface area (Å²) in [4.78, 5) is 29.0. The van der Waals surface area contributed by atoms with E-state index in [-0.39, 0.29) is 29.3 Å². The lowest BCUT2D eigenvalue weighted by atomic mass is 10.1. The topological polar surface area (TPSA) is 103 Å². The number of carbonyl (C=O) groups is 2. The van der Waals surface area contributed by atoms with Crippen LogP contribution >= 0.6 is 0 Å². The third-order valence-corrected chi connectivity index (χ3v) is 4.52. The van der Waals surface area contributed by atoms with Crippen molar-refractivity contribution in [3.8, 4) is 11.5 Å². The molecule has 28 heavy (non-hydrogen) atoms. The molecule has 2 aromatic carbocycles. The van der Waals surface area contributed by atoms with E-state index in [1.807, 2.05) is 13.8 Å². The van der Waals surface area contributed by atoms with Crippen LogP contribution in [-0.4, -0.2) is 40.2 Å². The fraction of sp³-hybridized carbons (Fsp3) is 0.238. The van der Waals surface area contributed by atoms with Gasteiger partial charge in [0.1, 0.15) is 17.2 Å². The molecule has 1 amide bonds. The average molecular weight is 382 g/mol. The number of nitrogens with zero attached hydrogens (tertiary/aromatic N) is 1. The maximum Gasteiger partial charge on any atom is 0.352 e. The number of phenols is 1. The van der Waals surface area contributed by atoms with E-state index in [2.05, 4.69) is 4.98 Å². The number of benzene rings is 2. The number of aromatic carboxylic acids is 1. The number of phenolic OH excluding ortho intramolecular Hbond substituents is 1. The molecule has 0 atom stereocenters. The van der Waals surface area contributed by atoms with Crippen molar-refractivity contribution in [2.45, 2.75) is 20.3 Å². The number of carboxylic acid groups (broad SMARTS) is 1. The molecule has 0 bridgehead atoms. The molecule has 0 saturated heterocycles. The van der Waals surface area contributed by atoms with Crippen LogP contribution in [0.4, 0.5) is 5.69 Å². The summed E-state index contributed by atoms with van der Waals surface area (Å²) in [5.74, 6) is -0.793. The van der Waals surface area contributed by atoms with Crippen molar-refractivity contribution in [3.63, 3.8) is 0 Å². The van der Waals surface area contributed by atoms with Gasteiger partial charge in [-0.2, -0.15) is 0 Å². The first-order valence-electron chi connectivity index (χ1n) is 9.05. The molecular weight excluding hydrogens is 360 g/mol. The van der Waals surface area contributed by atoms with Gasteiger partial charge in [-0.05, 0) is 50.2 Å². The number of fused-ring (bicyclic) bond motifs is 1. The standard InChI is InChI=1S/C21H22N2O5/c1-3-23(13-8-10-14(11-9-13)28-4-2)18(25)12-15-19-16(6-5-7-17(19)24)22-20(15)21(26)27/h5-11,22,24H,3-4,12H2,1-2H3,(H,26,27). The second-order valence-corrected chi connectivity index (χ2v) is 6.23. The second kappa shape index (κ2) is 8.04. The molecule has 1 heterocycles. The SMILES string of the molecule is CCOc1ccc(N(CC)C(=O)Cc2c(C(=O)O)[nH]c3cccc(O)c23)cc1. The van der Waals surface area contributed by atoms with Crippen molar-refractivity contribution < 1.29 is 24.5 Å². The van der Waals surface area contributed by atoms with E-state index >= 15 is 0 Å². The van der Waals surface area contributed by atoms with Gasteiger partial charge in [0.05, 0.1) is 18.5 Å². The number of likely N-dealkylation sites (N-methyl/N-ethyl adjacent to an activating group) is 1. The number of aromatic amines is 1. The van der Waals surface area contributed by atoms with Crippen molar-refractivity contribution in [1.82, 2.24) is 4.98 Å². The molecule has 0 aliphatic carbocycles. The average Bonchev–Trinajstić information content (AvgIpc) is 3.04. The first-order valence-corrected chi connectivity index (χ1v) is 9.05. The second-order valence-electron chi connectivity index (χ2n) is 6.23. The molecule has 3 rings (SSSR count). The Morgan fingerprint density at radius 1 is 1.11 bits per heavy atom. The minimum Gasteiger partial charge on any atom is -0.507 e. The van der Waals surface area contributed by atoms with Gasteiger partial charge < -0.3 is 24.8 Å².